The maximum Gasteiger partial charge on any atom is 0.248 e. The minimum atomic E-state index is 0.603. The van der Waals surface area contributed by atoms with Gasteiger partial charge in [0.25, 0.3) is 0 Å². The SMILES string of the molecule is Cc1ccccc1-c1nnc(CNCCN2CCCCC2)o1. The Bertz CT molecular complexity index is 590. The third kappa shape index (κ3) is 3.93. The molecule has 0 amide bonds. The Hall–Kier alpha value is -1.72. The molecule has 118 valence electrons. The summed E-state index contributed by atoms with van der Waals surface area (Å²) < 4.78 is 5.74. The van der Waals surface area contributed by atoms with Gasteiger partial charge in [-0.1, -0.05) is 24.6 Å². The molecule has 1 N–H and O–H groups in total. The van der Waals surface area contributed by atoms with Crippen LogP contribution in [0.3, 0.4) is 0 Å². The van der Waals surface area contributed by atoms with Gasteiger partial charge in [-0.2, -0.15) is 0 Å². The Balaban J connectivity index is 1.47. The van der Waals surface area contributed by atoms with Gasteiger partial charge in [0.1, 0.15) is 0 Å². The van der Waals surface area contributed by atoms with Crippen molar-refractivity contribution in [2.75, 3.05) is 26.2 Å². The molecule has 1 aliphatic rings. The van der Waals surface area contributed by atoms with E-state index in [1.165, 1.54) is 32.4 Å². The van der Waals surface area contributed by atoms with E-state index in [4.69, 9.17) is 4.42 Å². The molecule has 5 nitrogen and oxygen atoms in total. The standard InChI is InChI=1S/C17H24N4O/c1-14-7-3-4-8-15(14)17-20-19-16(22-17)13-18-9-12-21-10-5-2-6-11-21/h3-4,7-8,18H,2,5-6,9-13H2,1H3. The number of benzene rings is 1. The van der Waals surface area contributed by atoms with Crippen LogP contribution in [0.2, 0.25) is 0 Å². The quantitative estimate of drug-likeness (QED) is 0.831. The minimum absolute atomic E-state index is 0.603. The first-order valence-corrected chi connectivity index (χ1v) is 8.14. The van der Waals surface area contributed by atoms with E-state index >= 15 is 0 Å². The zero-order valence-corrected chi connectivity index (χ0v) is 13.2. The van der Waals surface area contributed by atoms with E-state index < -0.39 is 0 Å². The van der Waals surface area contributed by atoms with Crippen LogP contribution >= 0.6 is 0 Å². The van der Waals surface area contributed by atoms with Gasteiger partial charge in [-0.05, 0) is 44.5 Å². The Labute approximate surface area is 131 Å². The molecule has 0 unspecified atom stereocenters. The second-order valence-electron chi connectivity index (χ2n) is 5.89. The molecule has 22 heavy (non-hydrogen) atoms. The molecular weight excluding hydrogens is 276 g/mol. The maximum absolute atomic E-state index is 5.74. The molecule has 0 radical (unpaired) electrons. The van der Waals surface area contributed by atoms with Crippen molar-refractivity contribution in [1.82, 2.24) is 20.4 Å². The molecule has 1 fully saturated rings. The van der Waals surface area contributed by atoms with Crippen molar-refractivity contribution >= 4 is 0 Å². The van der Waals surface area contributed by atoms with E-state index in [9.17, 15) is 0 Å². The number of nitrogens with one attached hydrogen (secondary N) is 1. The predicted octanol–water partition coefficient (Wildman–Crippen LogP) is 2.62. The van der Waals surface area contributed by atoms with Crippen molar-refractivity contribution in [3.63, 3.8) is 0 Å². The average molecular weight is 300 g/mol. The van der Waals surface area contributed by atoms with Crippen LogP contribution in [0.4, 0.5) is 0 Å². The fraction of sp³-hybridized carbons (Fsp3) is 0.529. The van der Waals surface area contributed by atoms with Crippen molar-refractivity contribution in [2.24, 2.45) is 0 Å². The summed E-state index contributed by atoms with van der Waals surface area (Å²) in [5, 5.41) is 11.7. The minimum Gasteiger partial charge on any atom is -0.419 e. The summed E-state index contributed by atoms with van der Waals surface area (Å²) in [5.41, 5.74) is 2.16. The molecule has 0 saturated carbocycles. The normalized spacial score (nSPS) is 16.0. The van der Waals surface area contributed by atoms with Gasteiger partial charge in [0, 0.05) is 18.7 Å². The van der Waals surface area contributed by atoms with Gasteiger partial charge in [0.2, 0.25) is 11.8 Å². The van der Waals surface area contributed by atoms with Crippen LogP contribution in [0.1, 0.15) is 30.7 Å². The van der Waals surface area contributed by atoms with Gasteiger partial charge >= 0.3 is 0 Å². The van der Waals surface area contributed by atoms with Gasteiger partial charge in [0.05, 0.1) is 6.54 Å². The Morgan fingerprint density at radius 1 is 1.14 bits per heavy atom. The van der Waals surface area contributed by atoms with Crippen LogP contribution in [0.25, 0.3) is 11.5 Å². The molecule has 1 aromatic heterocycles. The third-order valence-corrected chi connectivity index (χ3v) is 4.17. The lowest BCUT2D eigenvalue weighted by molar-refractivity contribution is 0.228. The highest BCUT2D eigenvalue weighted by Crippen LogP contribution is 2.21. The highest BCUT2D eigenvalue weighted by Gasteiger charge is 2.11. The lowest BCUT2D eigenvalue weighted by Gasteiger charge is -2.26. The molecule has 5 heteroatoms. The maximum atomic E-state index is 5.74. The van der Waals surface area contributed by atoms with Crippen molar-refractivity contribution in [3.05, 3.63) is 35.7 Å². The average Bonchev–Trinajstić information content (AvgIpc) is 3.02. The second kappa shape index (κ2) is 7.51. The summed E-state index contributed by atoms with van der Waals surface area (Å²) in [5.74, 6) is 1.25. The van der Waals surface area contributed by atoms with Gasteiger partial charge in [0.15, 0.2) is 0 Å². The van der Waals surface area contributed by atoms with Crippen LogP contribution in [0.15, 0.2) is 28.7 Å². The Kier molecular flexibility index (Phi) is 5.19. The number of piperidine rings is 1. The van der Waals surface area contributed by atoms with Crippen LogP contribution in [-0.2, 0) is 6.54 Å². The lowest BCUT2D eigenvalue weighted by Crippen LogP contribution is -2.35. The van der Waals surface area contributed by atoms with Crippen molar-refractivity contribution in [1.29, 1.82) is 0 Å². The fourth-order valence-electron chi connectivity index (χ4n) is 2.86. The molecule has 0 spiro atoms. The molecule has 2 heterocycles. The van der Waals surface area contributed by atoms with E-state index in [0.717, 1.165) is 24.2 Å². The second-order valence-corrected chi connectivity index (χ2v) is 5.89. The topological polar surface area (TPSA) is 54.2 Å². The number of aromatic nitrogens is 2. The summed E-state index contributed by atoms with van der Waals surface area (Å²) >= 11 is 0. The highest BCUT2D eigenvalue weighted by molar-refractivity contribution is 5.57. The van der Waals surface area contributed by atoms with E-state index in [-0.39, 0.29) is 0 Å². The van der Waals surface area contributed by atoms with Crippen LogP contribution < -0.4 is 5.32 Å². The molecule has 0 aliphatic carbocycles. The molecule has 2 aromatic rings. The van der Waals surface area contributed by atoms with Crippen LogP contribution in [0.5, 0.6) is 0 Å². The summed E-state index contributed by atoms with van der Waals surface area (Å²) in [6.45, 7) is 7.21. The Morgan fingerprint density at radius 3 is 2.77 bits per heavy atom. The molecule has 1 aliphatic heterocycles. The van der Waals surface area contributed by atoms with Gasteiger partial charge in [-0.25, -0.2) is 0 Å². The van der Waals surface area contributed by atoms with E-state index in [0.29, 0.717) is 18.3 Å². The largest absolute Gasteiger partial charge is 0.419 e. The zero-order valence-electron chi connectivity index (χ0n) is 13.2. The van der Waals surface area contributed by atoms with Gasteiger partial charge < -0.3 is 14.6 Å². The van der Waals surface area contributed by atoms with Crippen molar-refractivity contribution in [3.8, 4) is 11.5 Å². The molecule has 0 bridgehead atoms. The predicted molar refractivity (Wildman–Crippen MR) is 86.5 cm³/mol. The third-order valence-electron chi connectivity index (χ3n) is 4.17. The number of nitrogens with zero attached hydrogens (tertiary/aromatic N) is 3. The molecule has 0 atom stereocenters. The fourth-order valence-corrected chi connectivity index (χ4v) is 2.86. The van der Waals surface area contributed by atoms with Gasteiger partial charge in [-0.3, -0.25) is 0 Å². The smallest absolute Gasteiger partial charge is 0.248 e. The van der Waals surface area contributed by atoms with Crippen LogP contribution in [-0.4, -0.2) is 41.3 Å². The van der Waals surface area contributed by atoms with E-state index in [1.54, 1.807) is 0 Å². The first kappa shape index (κ1) is 15.2. The summed E-state index contributed by atoms with van der Waals surface area (Å²) in [7, 11) is 0. The molecule has 1 saturated heterocycles. The Morgan fingerprint density at radius 2 is 1.95 bits per heavy atom. The van der Waals surface area contributed by atoms with E-state index in [2.05, 4.69) is 33.4 Å². The molecule has 1 aromatic carbocycles. The summed E-state index contributed by atoms with van der Waals surface area (Å²) in [6.07, 6.45) is 4.06. The molecular formula is C17H24N4O. The monoisotopic (exact) mass is 300 g/mol. The number of rotatable bonds is 6. The van der Waals surface area contributed by atoms with Crippen LogP contribution in [0, 0.1) is 6.92 Å². The van der Waals surface area contributed by atoms with Gasteiger partial charge in [-0.15, -0.1) is 10.2 Å². The summed E-state index contributed by atoms with van der Waals surface area (Å²) in [6, 6.07) is 8.06. The summed E-state index contributed by atoms with van der Waals surface area (Å²) in [4.78, 5) is 2.52. The molecule has 3 rings (SSSR count). The number of likely N-dealkylation sites (tertiary alicyclic amines) is 1. The number of hydrogen-bond acceptors (Lipinski definition) is 5. The highest BCUT2D eigenvalue weighted by atomic mass is 16.4. The van der Waals surface area contributed by atoms with Crippen molar-refractivity contribution < 1.29 is 4.42 Å². The number of aryl methyl sites for hydroxylation is 1. The van der Waals surface area contributed by atoms with E-state index in [1.807, 2.05) is 18.2 Å². The zero-order chi connectivity index (χ0) is 15.2. The lowest BCUT2D eigenvalue weighted by atomic mass is 10.1. The van der Waals surface area contributed by atoms with Crippen molar-refractivity contribution in [2.45, 2.75) is 32.7 Å². The number of hydrogen-bond donors (Lipinski definition) is 1. The first-order chi connectivity index (χ1) is 10.8. The first-order valence-electron chi connectivity index (χ1n) is 8.14.